The van der Waals surface area contributed by atoms with Crippen LogP contribution in [-0.2, 0) is 9.53 Å². The normalized spacial score (nSPS) is 10.6. The minimum absolute atomic E-state index is 0. The molecule has 0 saturated heterocycles. The summed E-state index contributed by atoms with van der Waals surface area (Å²) in [6.07, 6.45) is 3.63. The van der Waals surface area contributed by atoms with E-state index in [9.17, 15) is 4.79 Å². The maximum Gasteiger partial charge on any atom is 0.224 e. The molecule has 0 aliphatic heterocycles. The molecule has 0 saturated carbocycles. The molecule has 0 aromatic heterocycles. The molecule has 0 atom stereocenters. The van der Waals surface area contributed by atoms with Gasteiger partial charge in [-0.05, 0) is 12.3 Å². The van der Waals surface area contributed by atoms with Crippen molar-refractivity contribution in [3.05, 3.63) is 0 Å². The molecule has 3 heteroatoms. The van der Waals surface area contributed by atoms with Crippen molar-refractivity contribution in [3.63, 3.8) is 0 Å². The molecular formula is C15H33NO2. The highest BCUT2D eigenvalue weighted by atomic mass is 16.5. The van der Waals surface area contributed by atoms with Crippen molar-refractivity contribution in [3.8, 4) is 0 Å². The highest BCUT2D eigenvalue weighted by Gasteiger charge is 2.11. The summed E-state index contributed by atoms with van der Waals surface area (Å²) in [4.78, 5) is 13.3. The van der Waals surface area contributed by atoms with Gasteiger partial charge in [0, 0.05) is 26.1 Å². The number of unbranched alkanes of at least 4 members (excludes halogenated alkanes) is 1. The lowest BCUT2D eigenvalue weighted by Gasteiger charge is -2.19. The Labute approximate surface area is 114 Å². The second-order valence-corrected chi connectivity index (χ2v) is 5.42. The maximum atomic E-state index is 11.6. The van der Waals surface area contributed by atoms with Gasteiger partial charge >= 0.3 is 0 Å². The minimum atomic E-state index is 0. The lowest BCUT2D eigenvalue weighted by atomic mass is 10.1. The maximum absolute atomic E-state index is 11.6. The first kappa shape index (κ1) is 19.8. The van der Waals surface area contributed by atoms with Crippen LogP contribution in [0, 0.1) is 11.8 Å². The molecule has 0 spiro atoms. The second-order valence-electron chi connectivity index (χ2n) is 5.42. The van der Waals surface area contributed by atoms with Gasteiger partial charge in [0.1, 0.15) is 0 Å². The van der Waals surface area contributed by atoms with Crippen molar-refractivity contribution in [2.45, 2.75) is 54.4 Å². The zero-order chi connectivity index (χ0) is 13.3. The van der Waals surface area contributed by atoms with Crippen LogP contribution in [0.25, 0.3) is 0 Å². The Bertz CT molecular complexity index is 203. The highest BCUT2D eigenvalue weighted by Crippen LogP contribution is 2.06. The smallest absolute Gasteiger partial charge is 0.224 e. The molecule has 0 N–H and O–H groups in total. The fraction of sp³-hybridized carbons (Fsp3) is 0.933. The summed E-state index contributed by atoms with van der Waals surface area (Å²) in [5, 5.41) is 0. The number of hydrogen-bond donors (Lipinski definition) is 0. The molecule has 0 aliphatic rings. The third kappa shape index (κ3) is 10.6. The molecule has 1 amide bonds. The highest BCUT2D eigenvalue weighted by molar-refractivity contribution is 5.77. The predicted octanol–water partition coefficient (Wildman–Crippen LogP) is 3.58. The standard InChI is InChI=1S/C14H29NO2.CH4/c1-12(2)8-6-7-10-17-11-9-15(5)14(16)13(3)4;/h12-13H,6-11H2,1-5H3;1H4. The number of carbonyl (C=O) groups excluding carboxylic acids is 1. The topological polar surface area (TPSA) is 29.5 Å². The van der Waals surface area contributed by atoms with Gasteiger partial charge in [-0.1, -0.05) is 48.0 Å². The van der Waals surface area contributed by atoms with Crippen LogP contribution < -0.4 is 0 Å². The van der Waals surface area contributed by atoms with E-state index in [1.807, 2.05) is 20.9 Å². The van der Waals surface area contributed by atoms with Gasteiger partial charge in [0.05, 0.1) is 6.61 Å². The van der Waals surface area contributed by atoms with Gasteiger partial charge < -0.3 is 9.64 Å². The quantitative estimate of drug-likeness (QED) is 0.592. The molecule has 18 heavy (non-hydrogen) atoms. The summed E-state index contributed by atoms with van der Waals surface area (Å²) < 4.78 is 5.52. The number of carbonyl (C=O) groups is 1. The average molecular weight is 259 g/mol. The van der Waals surface area contributed by atoms with E-state index in [1.54, 1.807) is 4.90 Å². The first-order valence-electron chi connectivity index (χ1n) is 6.77. The number of ether oxygens (including phenoxy) is 1. The number of amides is 1. The van der Waals surface area contributed by atoms with E-state index in [2.05, 4.69) is 13.8 Å². The molecule has 0 unspecified atom stereocenters. The number of likely N-dealkylation sites (N-methyl/N-ethyl adjacent to an activating group) is 1. The lowest BCUT2D eigenvalue weighted by Crippen LogP contribution is -2.33. The van der Waals surface area contributed by atoms with Crippen LogP contribution in [-0.4, -0.2) is 37.6 Å². The van der Waals surface area contributed by atoms with Crippen molar-refractivity contribution < 1.29 is 9.53 Å². The summed E-state index contributed by atoms with van der Waals surface area (Å²) >= 11 is 0. The fourth-order valence-electron chi connectivity index (χ4n) is 1.61. The van der Waals surface area contributed by atoms with Crippen LogP contribution in [0.1, 0.15) is 54.4 Å². The van der Waals surface area contributed by atoms with Gasteiger partial charge in [-0.2, -0.15) is 0 Å². The van der Waals surface area contributed by atoms with Crippen LogP contribution in [0.5, 0.6) is 0 Å². The summed E-state index contributed by atoms with van der Waals surface area (Å²) in [5.41, 5.74) is 0. The van der Waals surface area contributed by atoms with Crippen molar-refractivity contribution in [2.75, 3.05) is 26.8 Å². The first-order valence-corrected chi connectivity index (χ1v) is 6.77. The van der Waals surface area contributed by atoms with E-state index in [0.29, 0.717) is 13.2 Å². The molecule has 3 nitrogen and oxygen atoms in total. The molecule has 110 valence electrons. The number of hydrogen-bond acceptors (Lipinski definition) is 2. The summed E-state index contributed by atoms with van der Waals surface area (Å²) in [5.74, 6) is 1.05. The zero-order valence-electron chi connectivity index (χ0n) is 12.2. The number of nitrogens with zero attached hydrogens (tertiary/aromatic N) is 1. The number of rotatable bonds is 9. The molecule has 0 aromatic rings. The van der Waals surface area contributed by atoms with Gasteiger partial charge in [0.15, 0.2) is 0 Å². The Morgan fingerprint density at radius 1 is 1.11 bits per heavy atom. The lowest BCUT2D eigenvalue weighted by molar-refractivity contribution is -0.133. The van der Waals surface area contributed by atoms with E-state index in [-0.39, 0.29) is 19.3 Å². The molecule has 0 radical (unpaired) electrons. The summed E-state index contributed by atoms with van der Waals surface area (Å²) in [6, 6.07) is 0. The molecule has 0 aliphatic carbocycles. The largest absolute Gasteiger partial charge is 0.380 e. The van der Waals surface area contributed by atoms with E-state index < -0.39 is 0 Å². The van der Waals surface area contributed by atoms with E-state index >= 15 is 0 Å². The zero-order valence-corrected chi connectivity index (χ0v) is 12.2. The molecule has 0 heterocycles. The molecule has 0 bridgehead atoms. The monoisotopic (exact) mass is 259 g/mol. The van der Waals surface area contributed by atoms with Crippen LogP contribution >= 0.6 is 0 Å². The van der Waals surface area contributed by atoms with Crippen LogP contribution in [0.2, 0.25) is 0 Å². The second kappa shape index (κ2) is 11.5. The third-order valence-electron chi connectivity index (χ3n) is 2.76. The van der Waals surface area contributed by atoms with Crippen LogP contribution in [0.15, 0.2) is 0 Å². The molecule has 0 aromatic carbocycles. The first-order chi connectivity index (χ1) is 7.95. The van der Waals surface area contributed by atoms with Crippen molar-refractivity contribution >= 4 is 5.91 Å². The Kier molecular flexibility index (Phi) is 12.6. The summed E-state index contributed by atoms with van der Waals surface area (Å²) in [6.45, 7) is 10.5. The van der Waals surface area contributed by atoms with Gasteiger partial charge in [0.25, 0.3) is 0 Å². The minimum Gasteiger partial charge on any atom is -0.380 e. The van der Waals surface area contributed by atoms with E-state index in [0.717, 1.165) is 18.9 Å². The third-order valence-corrected chi connectivity index (χ3v) is 2.76. The van der Waals surface area contributed by atoms with Gasteiger partial charge in [0.2, 0.25) is 5.91 Å². The molecular weight excluding hydrogens is 226 g/mol. The van der Waals surface area contributed by atoms with Crippen LogP contribution in [0.3, 0.4) is 0 Å². The Hall–Kier alpha value is -0.570. The predicted molar refractivity (Wildman–Crippen MR) is 78.7 cm³/mol. The molecule has 0 fully saturated rings. The Morgan fingerprint density at radius 2 is 1.72 bits per heavy atom. The Morgan fingerprint density at radius 3 is 2.22 bits per heavy atom. The van der Waals surface area contributed by atoms with Crippen LogP contribution in [0.4, 0.5) is 0 Å². The SMILES string of the molecule is C.CC(C)CCCCOCCN(C)C(=O)C(C)C. The van der Waals surface area contributed by atoms with Crippen molar-refractivity contribution in [1.29, 1.82) is 0 Å². The molecule has 0 rings (SSSR count). The van der Waals surface area contributed by atoms with Crippen molar-refractivity contribution in [2.24, 2.45) is 11.8 Å². The van der Waals surface area contributed by atoms with Gasteiger partial charge in [-0.25, -0.2) is 0 Å². The van der Waals surface area contributed by atoms with Crippen molar-refractivity contribution in [1.82, 2.24) is 4.90 Å². The van der Waals surface area contributed by atoms with Gasteiger partial charge in [-0.15, -0.1) is 0 Å². The van der Waals surface area contributed by atoms with E-state index in [4.69, 9.17) is 4.74 Å². The summed E-state index contributed by atoms with van der Waals surface area (Å²) in [7, 11) is 1.84. The average Bonchev–Trinajstić information content (AvgIpc) is 2.25. The van der Waals surface area contributed by atoms with Gasteiger partial charge in [-0.3, -0.25) is 4.79 Å². The fourth-order valence-corrected chi connectivity index (χ4v) is 1.61. The Balaban J connectivity index is 0. The van der Waals surface area contributed by atoms with E-state index in [1.165, 1.54) is 12.8 Å².